The van der Waals surface area contributed by atoms with Crippen molar-refractivity contribution in [1.82, 2.24) is 14.5 Å². The van der Waals surface area contributed by atoms with Gasteiger partial charge in [0.25, 0.3) is 0 Å². The molecule has 0 bridgehead atoms. The zero-order valence-electron chi connectivity index (χ0n) is 13.8. The topological polar surface area (TPSA) is 56.7 Å². The Morgan fingerprint density at radius 2 is 2.05 bits per heavy atom. The Morgan fingerprint density at radius 1 is 1.29 bits per heavy atom. The van der Waals surface area contributed by atoms with Gasteiger partial charge >= 0.3 is 0 Å². The number of imidazole rings is 1. The fraction of sp³-hybridized carbons (Fsp3) is 0.647. The molecule has 0 aliphatic heterocycles. The third-order valence-electron chi connectivity index (χ3n) is 4.40. The Bertz CT molecular complexity index is 580. The van der Waals surface area contributed by atoms with Crippen molar-refractivity contribution >= 4 is 11.0 Å². The molecule has 2 N–H and O–H groups in total. The highest BCUT2D eigenvalue weighted by molar-refractivity contribution is 5.74. The van der Waals surface area contributed by atoms with Crippen LogP contribution in [0.4, 0.5) is 0 Å². The van der Waals surface area contributed by atoms with Gasteiger partial charge in [-0.15, -0.1) is 0 Å². The second-order valence-electron chi connectivity index (χ2n) is 6.82. The van der Waals surface area contributed by atoms with Crippen LogP contribution in [0.25, 0.3) is 11.0 Å². The molecule has 4 nitrogen and oxygen atoms in total. The third-order valence-corrected chi connectivity index (χ3v) is 4.40. The largest absolute Gasteiger partial charge is 0.330 e. The van der Waals surface area contributed by atoms with Gasteiger partial charge in [-0.25, -0.2) is 4.98 Å². The van der Waals surface area contributed by atoms with E-state index < -0.39 is 0 Å². The Morgan fingerprint density at radius 3 is 2.67 bits per heavy atom. The number of nitrogens with zero attached hydrogens (tertiary/aromatic N) is 3. The standard InChI is InChI=1S/C17H28N4/c1-5-21-15-9-11-19-12-14(15)20-16(21)7-6-13(8-10-18)17(2,3)4/h9,11-13H,5-8,10,18H2,1-4H3. The van der Waals surface area contributed by atoms with E-state index in [4.69, 9.17) is 10.7 Å². The molecule has 1 unspecified atom stereocenters. The molecule has 0 fully saturated rings. The van der Waals surface area contributed by atoms with Gasteiger partial charge in [0.05, 0.1) is 11.7 Å². The number of aromatic nitrogens is 3. The quantitative estimate of drug-likeness (QED) is 0.886. The zero-order valence-corrected chi connectivity index (χ0v) is 13.8. The molecule has 2 aromatic rings. The first-order valence-corrected chi connectivity index (χ1v) is 7.96. The molecule has 2 rings (SSSR count). The van der Waals surface area contributed by atoms with E-state index in [1.165, 1.54) is 11.3 Å². The average molecular weight is 288 g/mol. The molecule has 116 valence electrons. The summed E-state index contributed by atoms with van der Waals surface area (Å²) in [6.45, 7) is 10.8. The Labute approximate surface area is 127 Å². The van der Waals surface area contributed by atoms with Crippen LogP contribution >= 0.6 is 0 Å². The molecule has 0 amide bonds. The van der Waals surface area contributed by atoms with E-state index in [9.17, 15) is 0 Å². The summed E-state index contributed by atoms with van der Waals surface area (Å²) in [5.41, 5.74) is 8.27. The van der Waals surface area contributed by atoms with Crippen molar-refractivity contribution in [3.63, 3.8) is 0 Å². The summed E-state index contributed by atoms with van der Waals surface area (Å²) in [5, 5.41) is 0. The van der Waals surface area contributed by atoms with Gasteiger partial charge in [0.2, 0.25) is 0 Å². The van der Waals surface area contributed by atoms with E-state index in [1.54, 1.807) is 0 Å². The molecule has 2 heterocycles. The Kier molecular flexibility index (Phi) is 4.99. The minimum Gasteiger partial charge on any atom is -0.330 e. The first kappa shape index (κ1) is 16.0. The van der Waals surface area contributed by atoms with Crippen LogP contribution in [-0.2, 0) is 13.0 Å². The highest BCUT2D eigenvalue weighted by Crippen LogP contribution is 2.32. The maximum atomic E-state index is 5.78. The van der Waals surface area contributed by atoms with E-state index in [2.05, 4.69) is 43.3 Å². The zero-order chi connectivity index (χ0) is 15.5. The molecule has 2 aromatic heterocycles. The summed E-state index contributed by atoms with van der Waals surface area (Å²) in [7, 11) is 0. The Balaban J connectivity index is 2.19. The van der Waals surface area contributed by atoms with Crippen LogP contribution < -0.4 is 5.73 Å². The molecule has 0 radical (unpaired) electrons. The lowest BCUT2D eigenvalue weighted by atomic mass is 9.76. The molecule has 21 heavy (non-hydrogen) atoms. The first-order valence-electron chi connectivity index (χ1n) is 7.96. The van der Waals surface area contributed by atoms with Crippen molar-refractivity contribution in [2.45, 2.75) is 53.5 Å². The molecule has 0 aromatic carbocycles. The molecule has 0 aliphatic carbocycles. The van der Waals surface area contributed by atoms with Crippen LogP contribution in [0.3, 0.4) is 0 Å². The number of hydrogen-bond donors (Lipinski definition) is 1. The smallest absolute Gasteiger partial charge is 0.109 e. The number of pyridine rings is 1. The van der Waals surface area contributed by atoms with Crippen LogP contribution in [0, 0.1) is 11.3 Å². The van der Waals surface area contributed by atoms with Crippen LogP contribution in [-0.4, -0.2) is 21.1 Å². The van der Waals surface area contributed by atoms with Crippen molar-refractivity contribution in [2.75, 3.05) is 6.54 Å². The minimum absolute atomic E-state index is 0.296. The lowest BCUT2D eigenvalue weighted by molar-refractivity contribution is 0.213. The van der Waals surface area contributed by atoms with Gasteiger partial charge in [-0.1, -0.05) is 20.8 Å². The number of fused-ring (bicyclic) bond motifs is 1. The Hall–Kier alpha value is -1.42. The van der Waals surface area contributed by atoms with Crippen LogP contribution in [0.2, 0.25) is 0 Å². The highest BCUT2D eigenvalue weighted by atomic mass is 15.1. The fourth-order valence-electron chi connectivity index (χ4n) is 3.09. The number of hydrogen-bond acceptors (Lipinski definition) is 3. The van der Waals surface area contributed by atoms with E-state index in [0.717, 1.165) is 37.9 Å². The van der Waals surface area contributed by atoms with Crippen molar-refractivity contribution in [3.05, 3.63) is 24.3 Å². The molecular weight excluding hydrogens is 260 g/mol. The predicted octanol–water partition coefficient (Wildman–Crippen LogP) is 3.39. The molecule has 0 spiro atoms. The van der Waals surface area contributed by atoms with E-state index in [0.29, 0.717) is 11.3 Å². The SMILES string of the molecule is CCn1c(CCC(CCN)C(C)(C)C)nc2cnccc21. The summed E-state index contributed by atoms with van der Waals surface area (Å²) < 4.78 is 2.30. The summed E-state index contributed by atoms with van der Waals surface area (Å²) in [6.07, 6.45) is 6.91. The second-order valence-corrected chi connectivity index (χ2v) is 6.82. The third kappa shape index (κ3) is 3.62. The van der Waals surface area contributed by atoms with Crippen molar-refractivity contribution in [1.29, 1.82) is 0 Å². The van der Waals surface area contributed by atoms with E-state index in [1.807, 2.05) is 12.4 Å². The van der Waals surface area contributed by atoms with Gasteiger partial charge < -0.3 is 10.3 Å². The molecule has 1 atom stereocenters. The molecule has 0 saturated heterocycles. The first-order chi connectivity index (χ1) is 9.97. The van der Waals surface area contributed by atoms with Crippen LogP contribution in [0.15, 0.2) is 18.5 Å². The maximum absolute atomic E-state index is 5.78. The lowest BCUT2D eigenvalue weighted by Crippen LogP contribution is -2.24. The van der Waals surface area contributed by atoms with E-state index >= 15 is 0 Å². The number of aryl methyl sites for hydroxylation is 2. The molecule has 4 heteroatoms. The minimum atomic E-state index is 0.296. The van der Waals surface area contributed by atoms with Gasteiger partial charge in [-0.3, -0.25) is 4.98 Å². The van der Waals surface area contributed by atoms with Crippen molar-refractivity contribution in [3.8, 4) is 0 Å². The summed E-state index contributed by atoms with van der Waals surface area (Å²) >= 11 is 0. The predicted molar refractivity (Wildman–Crippen MR) is 88.1 cm³/mol. The maximum Gasteiger partial charge on any atom is 0.109 e. The molecule has 0 aliphatic rings. The van der Waals surface area contributed by atoms with Gasteiger partial charge in [0.15, 0.2) is 0 Å². The molecular formula is C17H28N4. The average Bonchev–Trinajstić information content (AvgIpc) is 2.79. The van der Waals surface area contributed by atoms with Crippen LogP contribution in [0.1, 0.15) is 46.4 Å². The van der Waals surface area contributed by atoms with Gasteiger partial charge in [-0.2, -0.15) is 0 Å². The molecule has 0 saturated carbocycles. The summed E-state index contributed by atoms with van der Waals surface area (Å²) in [6, 6.07) is 2.05. The number of rotatable bonds is 6. The van der Waals surface area contributed by atoms with Gasteiger partial charge in [-0.05, 0) is 43.7 Å². The normalized spacial score (nSPS) is 13.8. The van der Waals surface area contributed by atoms with Gasteiger partial charge in [0, 0.05) is 19.2 Å². The second kappa shape index (κ2) is 6.56. The van der Waals surface area contributed by atoms with Gasteiger partial charge in [0.1, 0.15) is 11.3 Å². The number of nitrogens with two attached hydrogens (primary N) is 1. The highest BCUT2D eigenvalue weighted by Gasteiger charge is 2.24. The van der Waals surface area contributed by atoms with Crippen molar-refractivity contribution < 1.29 is 0 Å². The summed E-state index contributed by atoms with van der Waals surface area (Å²) in [4.78, 5) is 8.94. The van der Waals surface area contributed by atoms with Crippen LogP contribution in [0.5, 0.6) is 0 Å². The van der Waals surface area contributed by atoms with E-state index in [-0.39, 0.29) is 0 Å². The fourth-order valence-corrected chi connectivity index (χ4v) is 3.09. The monoisotopic (exact) mass is 288 g/mol. The lowest BCUT2D eigenvalue weighted by Gasteiger charge is -2.30. The van der Waals surface area contributed by atoms with Crippen molar-refractivity contribution in [2.24, 2.45) is 17.1 Å². The summed E-state index contributed by atoms with van der Waals surface area (Å²) in [5.74, 6) is 1.80.